The predicted molar refractivity (Wildman–Crippen MR) is 100 cm³/mol. The smallest absolute Gasteiger partial charge is 0.408 e. The molecule has 0 aliphatic heterocycles. The molecule has 5 heteroatoms. The molecule has 0 aliphatic carbocycles. The summed E-state index contributed by atoms with van der Waals surface area (Å²) in [4.78, 5) is 24.4. The second-order valence-corrected chi connectivity index (χ2v) is 7.76. The van der Waals surface area contributed by atoms with Crippen LogP contribution in [0.25, 0.3) is 0 Å². The maximum atomic E-state index is 12.4. The highest BCUT2D eigenvalue weighted by Crippen LogP contribution is 2.17. The van der Waals surface area contributed by atoms with E-state index in [1.54, 1.807) is 20.8 Å². The van der Waals surface area contributed by atoms with Crippen LogP contribution in [0, 0.1) is 5.92 Å². The van der Waals surface area contributed by atoms with Crippen molar-refractivity contribution in [2.75, 3.05) is 6.54 Å². The number of ether oxygens (including phenoxy) is 1. The van der Waals surface area contributed by atoms with Gasteiger partial charge in [0.15, 0.2) is 0 Å². The molecular weight excluding hydrogens is 316 g/mol. The average molecular weight is 348 g/mol. The second kappa shape index (κ2) is 9.44. The molecule has 2 atom stereocenters. The van der Waals surface area contributed by atoms with Crippen LogP contribution in [0.3, 0.4) is 0 Å². The van der Waals surface area contributed by atoms with Crippen molar-refractivity contribution in [1.82, 2.24) is 10.6 Å². The summed E-state index contributed by atoms with van der Waals surface area (Å²) < 4.78 is 5.24. The monoisotopic (exact) mass is 348 g/mol. The summed E-state index contributed by atoms with van der Waals surface area (Å²) in [7, 11) is 0. The molecule has 1 aromatic rings. The molecule has 0 spiro atoms. The second-order valence-electron chi connectivity index (χ2n) is 7.76. The molecule has 0 aliphatic rings. The quantitative estimate of drug-likeness (QED) is 0.786. The molecule has 1 rings (SSSR count). The molecule has 0 fully saturated rings. The van der Waals surface area contributed by atoms with Crippen LogP contribution in [0.15, 0.2) is 30.3 Å². The Balaban J connectivity index is 2.50. The van der Waals surface area contributed by atoms with Gasteiger partial charge in [-0.25, -0.2) is 4.79 Å². The van der Waals surface area contributed by atoms with E-state index in [-0.39, 0.29) is 11.8 Å². The van der Waals surface area contributed by atoms with Crippen molar-refractivity contribution in [3.63, 3.8) is 0 Å². The minimum Gasteiger partial charge on any atom is -0.444 e. The van der Waals surface area contributed by atoms with Gasteiger partial charge >= 0.3 is 6.09 Å². The molecule has 2 amide bonds. The minimum atomic E-state index is -0.609. The first-order valence-electron chi connectivity index (χ1n) is 8.92. The molecule has 2 N–H and O–H groups in total. The lowest BCUT2D eigenvalue weighted by Gasteiger charge is -2.25. The van der Waals surface area contributed by atoms with Gasteiger partial charge in [-0.05, 0) is 44.6 Å². The summed E-state index contributed by atoms with van der Waals surface area (Å²) in [6.07, 6.45) is 0.270. The van der Waals surface area contributed by atoms with E-state index in [4.69, 9.17) is 4.74 Å². The van der Waals surface area contributed by atoms with Crippen LogP contribution in [0.5, 0.6) is 0 Å². The zero-order valence-corrected chi connectivity index (χ0v) is 16.3. The number of hydrogen-bond acceptors (Lipinski definition) is 3. The molecular formula is C20H32N2O3. The lowest BCUT2D eigenvalue weighted by Crippen LogP contribution is -2.51. The fourth-order valence-electron chi connectivity index (χ4n) is 2.44. The molecule has 0 heterocycles. The maximum Gasteiger partial charge on any atom is 0.408 e. The van der Waals surface area contributed by atoms with E-state index < -0.39 is 17.7 Å². The summed E-state index contributed by atoms with van der Waals surface area (Å²) in [5.74, 6) is 0.151. The maximum absolute atomic E-state index is 12.4. The summed E-state index contributed by atoms with van der Waals surface area (Å²) in [6.45, 7) is 11.9. The molecule has 0 saturated heterocycles. The molecule has 0 saturated carbocycles. The fourth-order valence-corrected chi connectivity index (χ4v) is 2.44. The van der Waals surface area contributed by atoms with Crippen LogP contribution >= 0.6 is 0 Å². The Morgan fingerprint density at radius 3 is 2.20 bits per heavy atom. The predicted octanol–water partition coefficient (Wildman–Crippen LogP) is 3.85. The van der Waals surface area contributed by atoms with Gasteiger partial charge in [-0.3, -0.25) is 4.79 Å². The van der Waals surface area contributed by atoms with E-state index in [9.17, 15) is 9.59 Å². The summed E-state index contributed by atoms with van der Waals surface area (Å²) in [5.41, 5.74) is 0.664. The number of amides is 2. The van der Waals surface area contributed by atoms with Crippen LogP contribution in [0.1, 0.15) is 59.4 Å². The number of benzene rings is 1. The van der Waals surface area contributed by atoms with Crippen LogP contribution < -0.4 is 10.6 Å². The van der Waals surface area contributed by atoms with E-state index in [1.807, 2.05) is 32.0 Å². The molecule has 5 nitrogen and oxygen atoms in total. The number of nitrogens with one attached hydrogen (secondary N) is 2. The molecule has 2 unspecified atom stereocenters. The van der Waals surface area contributed by atoms with Crippen molar-refractivity contribution in [3.05, 3.63) is 35.9 Å². The summed E-state index contributed by atoms with van der Waals surface area (Å²) in [6, 6.07) is 9.60. The van der Waals surface area contributed by atoms with Crippen molar-refractivity contribution in [2.24, 2.45) is 5.92 Å². The number of alkyl carbamates (subject to hydrolysis) is 1. The summed E-state index contributed by atoms with van der Waals surface area (Å²) in [5, 5.41) is 5.59. The van der Waals surface area contributed by atoms with E-state index in [2.05, 4.69) is 29.7 Å². The summed E-state index contributed by atoms with van der Waals surface area (Å²) >= 11 is 0. The zero-order valence-electron chi connectivity index (χ0n) is 16.3. The highest BCUT2D eigenvalue weighted by atomic mass is 16.6. The highest BCUT2D eigenvalue weighted by molar-refractivity contribution is 5.85. The van der Waals surface area contributed by atoms with Gasteiger partial charge in [0.1, 0.15) is 11.6 Å². The van der Waals surface area contributed by atoms with Crippen LogP contribution in [0.2, 0.25) is 0 Å². The van der Waals surface area contributed by atoms with Crippen molar-refractivity contribution in [3.8, 4) is 0 Å². The van der Waals surface area contributed by atoms with Gasteiger partial charge < -0.3 is 15.4 Å². The largest absolute Gasteiger partial charge is 0.444 e. The van der Waals surface area contributed by atoms with Crippen molar-refractivity contribution < 1.29 is 14.3 Å². The normalized spacial score (nSPS) is 13.9. The molecule has 0 bridgehead atoms. The number of rotatable bonds is 7. The Labute approximate surface area is 151 Å². The first-order valence-corrected chi connectivity index (χ1v) is 8.92. The number of hydrogen-bond donors (Lipinski definition) is 2. The van der Waals surface area contributed by atoms with Crippen LogP contribution in [-0.2, 0) is 9.53 Å². The third-order valence-electron chi connectivity index (χ3n) is 3.87. The van der Waals surface area contributed by atoms with Gasteiger partial charge in [-0.1, -0.05) is 51.1 Å². The Kier molecular flexibility index (Phi) is 7.94. The average Bonchev–Trinajstić information content (AvgIpc) is 2.51. The van der Waals surface area contributed by atoms with Gasteiger partial charge in [-0.15, -0.1) is 0 Å². The molecule has 25 heavy (non-hydrogen) atoms. The zero-order chi connectivity index (χ0) is 19.0. The topological polar surface area (TPSA) is 67.4 Å². The Hall–Kier alpha value is -2.04. The van der Waals surface area contributed by atoms with Crippen molar-refractivity contribution in [2.45, 2.75) is 65.5 Å². The fraction of sp³-hybridized carbons (Fsp3) is 0.600. The minimum absolute atomic E-state index is 0.0286. The standard InChI is InChI=1S/C20H32N2O3/c1-14(2)17(22-19(24)25-20(4,5)6)18(23)21-13-12-15(3)16-10-8-7-9-11-16/h7-11,14-15,17H,12-13H2,1-6H3,(H,21,23)(H,22,24). The first kappa shape index (κ1) is 21.0. The molecule has 140 valence electrons. The van der Waals surface area contributed by atoms with Gasteiger partial charge in [-0.2, -0.15) is 0 Å². The van der Waals surface area contributed by atoms with Crippen LogP contribution in [0.4, 0.5) is 4.79 Å². The van der Waals surface area contributed by atoms with E-state index in [0.29, 0.717) is 12.5 Å². The lowest BCUT2D eigenvalue weighted by molar-refractivity contribution is -0.124. The van der Waals surface area contributed by atoms with E-state index in [1.165, 1.54) is 5.56 Å². The Bertz CT molecular complexity index is 550. The van der Waals surface area contributed by atoms with E-state index >= 15 is 0 Å². The van der Waals surface area contributed by atoms with Crippen molar-refractivity contribution >= 4 is 12.0 Å². The van der Waals surface area contributed by atoms with Crippen LogP contribution in [-0.4, -0.2) is 30.2 Å². The number of carbonyl (C=O) groups excluding carboxylic acids is 2. The van der Waals surface area contributed by atoms with E-state index in [0.717, 1.165) is 6.42 Å². The molecule has 0 aromatic heterocycles. The Morgan fingerprint density at radius 2 is 1.68 bits per heavy atom. The van der Waals surface area contributed by atoms with Crippen molar-refractivity contribution in [1.29, 1.82) is 0 Å². The Morgan fingerprint density at radius 1 is 1.08 bits per heavy atom. The van der Waals surface area contributed by atoms with Gasteiger partial charge in [0.05, 0.1) is 0 Å². The molecule has 0 radical (unpaired) electrons. The van der Waals surface area contributed by atoms with Gasteiger partial charge in [0, 0.05) is 6.54 Å². The van der Waals surface area contributed by atoms with Gasteiger partial charge in [0.2, 0.25) is 5.91 Å². The third-order valence-corrected chi connectivity index (χ3v) is 3.87. The lowest BCUT2D eigenvalue weighted by atomic mass is 9.98. The first-order chi connectivity index (χ1) is 11.6. The highest BCUT2D eigenvalue weighted by Gasteiger charge is 2.26. The SMILES string of the molecule is CC(CCNC(=O)C(NC(=O)OC(C)(C)C)C(C)C)c1ccccc1. The number of carbonyl (C=O) groups is 2. The molecule has 1 aromatic carbocycles. The third kappa shape index (κ3) is 8.05. The van der Waals surface area contributed by atoms with Gasteiger partial charge in [0.25, 0.3) is 0 Å².